The molecule has 26 heavy (non-hydrogen) atoms. The molecule has 144 valence electrons. The van der Waals surface area contributed by atoms with Crippen LogP contribution in [-0.4, -0.2) is 32.3 Å². The third-order valence-corrected chi connectivity index (χ3v) is 3.57. The molecule has 2 aromatic rings. The smallest absolute Gasteiger partial charge is 0.191 e. The average Bonchev–Trinajstić information content (AvgIpc) is 3.13. The van der Waals surface area contributed by atoms with Gasteiger partial charge in [-0.25, -0.2) is 9.38 Å². The van der Waals surface area contributed by atoms with Gasteiger partial charge in [0.15, 0.2) is 5.96 Å². The highest BCUT2D eigenvalue weighted by atomic mass is 127. The van der Waals surface area contributed by atoms with E-state index in [9.17, 15) is 4.39 Å². The summed E-state index contributed by atoms with van der Waals surface area (Å²) in [6, 6.07) is 10.5. The maximum Gasteiger partial charge on any atom is 0.191 e. The molecule has 0 aliphatic heterocycles. The van der Waals surface area contributed by atoms with Gasteiger partial charge in [0.25, 0.3) is 0 Å². The monoisotopic (exact) mass is 475 g/mol. The summed E-state index contributed by atoms with van der Waals surface area (Å²) in [5, 5.41) is 6.51. The van der Waals surface area contributed by atoms with Gasteiger partial charge in [-0.05, 0) is 31.5 Å². The van der Waals surface area contributed by atoms with Crippen molar-refractivity contribution in [3.05, 3.63) is 59.8 Å². The summed E-state index contributed by atoms with van der Waals surface area (Å²) < 4.78 is 24.4. The second-order valence-corrected chi connectivity index (χ2v) is 5.49. The molecule has 0 spiro atoms. The van der Waals surface area contributed by atoms with E-state index in [1.807, 2.05) is 25.1 Å². The Morgan fingerprint density at radius 1 is 1.15 bits per heavy atom. The average molecular weight is 475 g/mol. The van der Waals surface area contributed by atoms with E-state index in [0.29, 0.717) is 24.7 Å². The number of furan rings is 1. The van der Waals surface area contributed by atoms with Gasteiger partial charge in [-0.2, -0.15) is 0 Å². The lowest BCUT2D eigenvalue weighted by atomic mass is 10.2. The second kappa shape index (κ2) is 13.6. The Kier molecular flexibility index (Phi) is 11.7. The van der Waals surface area contributed by atoms with E-state index in [1.54, 1.807) is 18.4 Å². The van der Waals surface area contributed by atoms with E-state index < -0.39 is 0 Å². The molecule has 1 aromatic heterocycles. The molecular weight excluding hydrogens is 448 g/mol. The van der Waals surface area contributed by atoms with Gasteiger partial charge < -0.3 is 19.8 Å². The Morgan fingerprint density at radius 2 is 1.96 bits per heavy atom. The number of guanidine groups is 1. The lowest BCUT2D eigenvalue weighted by Gasteiger charge is -2.12. The number of benzene rings is 1. The van der Waals surface area contributed by atoms with E-state index in [1.165, 1.54) is 6.07 Å². The van der Waals surface area contributed by atoms with Gasteiger partial charge >= 0.3 is 0 Å². The van der Waals surface area contributed by atoms with Crippen LogP contribution in [0.2, 0.25) is 0 Å². The van der Waals surface area contributed by atoms with Gasteiger partial charge in [0.2, 0.25) is 0 Å². The molecule has 5 nitrogen and oxygen atoms in total. The Bertz CT molecular complexity index is 635. The maximum absolute atomic E-state index is 13.7. The number of aliphatic imine (C=N–C) groups is 1. The summed E-state index contributed by atoms with van der Waals surface area (Å²) >= 11 is 0. The molecule has 0 fully saturated rings. The fourth-order valence-corrected chi connectivity index (χ4v) is 2.25. The van der Waals surface area contributed by atoms with Gasteiger partial charge in [0.05, 0.1) is 12.8 Å². The predicted molar refractivity (Wildman–Crippen MR) is 112 cm³/mol. The van der Waals surface area contributed by atoms with Gasteiger partial charge in [0, 0.05) is 38.3 Å². The zero-order valence-corrected chi connectivity index (χ0v) is 17.4. The fourth-order valence-electron chi connectivity index (χ4n) is 2.25. The van der Waals surface area contributed by atoms with Crippen LogP contribution < -0.4 is 10.6 Å². The number of hydrogen-bond donors (Lipinski definition) is 2. The fraction of sp³-hybridized carbons (Fsp3) is 0.421. The summed E-state index contributed by atoms with van der Waals surface area (Å²) in [7, 11) is 0. The predicted octanol–water partition coefficient (Wildman–Crippen LogP) is 3.74. The van der Waals surface area contributed by atoms with Crippen molar-refractivity contribution in [2.75, 3.05) is 26.3 Å². The van der Waals surface area contributed by atoms with Crippen LogP contribution in [0, 0.1) is 5.82 Å². The Hall–Kier alpha value is -1.61. The highest BCUT2D eigenvalue weighted by Crippen LogP contribution is 2.07. The van der Waals surface area contributed by atoms with Crippen LogP contribution in [0.1, 0.15) is 24.7 Å². The first kappa shape index (κ1) is 22.4. The molecule has 0 saturated heterocycles. The van der Waals surface area contributed by atoms with Crippen LogP contribution >= 0.6 is 24.0 Å². The highest BCUT2D eigenvalue weighted by molar-refractivity contribution is 14.0. The van der Waals surface area contributed by atoms with Crippen molar-refractivity contribution in [2.24, 2.45) is 4.99 Å². The Morgan fingerprint density at radius 3 is 2.69 bits per heavy atom. The van der Waals surface area contributed by atoms with E-state index in [2.05, 4.69) is 15.6 Å². The second-order valence-electron chi connectivity index (χ2n) is 5.49. The van der Waals surface area contributed by atoms with E-state index in [0.717, 1.165) is 31.8 Å². The molecule has 1 aromatic carbocycles. The van der Waals surface area contributed by atoms with Gasteiger partial charge in [0.1, 0.15) is 11.6 Å². The highest BCUT2D eigenvalue weighted by Gasteiger charge is 2.03. The molecule has 0 bridgehead atoms. The first-order valence-corrected chi connectivity index (χ1v) is 8.65. The Balaban J connectivity index is 0.00000338. The van der Waals surface area contributed by atoms with E-state index in [4.69, 9.17) is 9.15 Å². The van der Waals surface area contributed by atoms with Crippen molar-refractivity contribution in [3.8, 4) is 0 Å². The van der Waals surface area contributed by atoms with E-state index >= 15 is 0 Å². The number of hydrogen-bond acceptors (Lipinski definition) is 3. The third kappa shape index (κ3) is 8.66. The van der Waals surface area contributed by atoms with Crippen LogP contribution in [0.15, 0.2) is 52.1 Å². The number of nitrogens with zero attached hydrogens (tertiary/aromatic N) is 1. The van der Waals surface area contributed by atoms with Gasteiger partial charge in [-0.3, -0.25) is 0 Å². The SMILES string of the molecule is CCOCCCNC(=NCc1ccccc1F)NCCc1ccco1.I. The minimum absolute atomic E-state index is 0. The zero-order valence-electron chi connectivity index (χ0n) is 15.0. The summed E-state index contributed by atoms with van der Waals surface area (Å²) in [6.45, 7) is 5.11. The molecule has 0 atom stereocenters. The lowest BCUT2D eigenvalue weighted by molar-refractivity contribution is 0.145. The molecule has 2 N–H and O–H groups in total. The summed E-state index contributed by atoms with van der Waals surface area (Å²) in [5.41, 5.74) is 0.573. The normalized spacial score (nSPS) is 11.1. The summed E-state index contributed by atoms with van der Waals surface area (Å²) in [4.78, 5) is 4.47. The number of nitrogens with one attached hydrogen (secondary N) is 2. The molecule has 0 radical (unpaired) electrons. The number of ether oxygens (including phenoxy) is 1. The zero-order chi connectivity index (χ0) is 17.7. The van der Waals surface area contributed by atoms with Crippen LogP contribution in [0.4, 0.5) is 4.39 Å². The van der Waals surface area contributed by atoms with Crippen molar-refractivity contribution < 1.29 is 13.5 Å². The summed E-state index contributed by atoms with van der Waals surface area (Å²) in [5.74, 6) is 1.33. The number of halogens is 2. The number of rotatable bonds is 10. The molecule has 2 rings (SSSR count). The van der Waals surface area contributed by atoms with Crippen molar-refractivity contribution in [1.29, 1.82) is 0 Å². The minimum Gasteiger partial charge on any atom is -0.469 e. The third-order valence-electron chi connectivity index (χ3n) is 3.57. The van der Waals surface area contributed by atoms with Crippen molar-refractivity contribution >= 4 is 29.9 Å². The molecule has 0 aliphatic rings. The molecule has 0 amide bonds. The summed E-state index contributed by atoms with van der Waals surface area (Å²) in [6.07, 6.45) is 3.30. The van der Waals surface area contributed by atoms with Crippen LogP contribution in [0.25, 0.3) is 0 Å². The molecule has 7 heteroatoms. The largest absolute Gasteiger partial charge is 0.469 e. The maximum atomic E-state index is 13.7. The van der Waals surface area contributed by atoms with Gasteiger partial charge in [-0.15, -0.1) is 24.0 Å². The Labute approximate surface area is 171 Å². The first-order chi connectivity index (χ1) is 12.3. The molecule has 0 unspecified atom stereocenters. The standard InChI is InChI=1S/C19H26FN3O2.HI/c1-2-24-13-6-11-21-19(22-12-10-17-8-5-14-25-17)23-15-16-7-3-4-9-18(16)20;/h3-5,7-9,14H,2,6,10-13,15H2,1H3,(H2,21,22,23);1H. The van der Waals surface area contributed by atoms with Crippen molar-refractivity contribution in [2.45, 2.75) is 26.3 Å². The lowest BCUT2D eigenvalue weighted by Crippen LogP contribution is -2.39. The van der Waals surface area contributed by atoms with Crippen LogP contribution in [0.3, 0.4) is 0 Å². The molecule has 0 saturated carbocycles. The van der Waals surface area contributed by atoms with Gasteiger partial charge in [-0.1, -0.05) is 18.2 Å². The van der Waals surface area contributed by atoms with Crippen molar-refractivity contribution in [3.63, 3.8) is 0 Å². The van der Waals surface area contributed by atoms with Crippen LogP contribution in [0.5, 0.6) is 0 Å². The quantitative estimate of drug-likeness (QED) is 0.238. The van der Waals surface area contributed by atoms with Crippen LogP contribution in [-0.2, 0) is 17.7 Å². The molecule has 0 aliphatic carbocycles. The first-order valence-electron chi connectivity index (χ1n) is 8.65. The topological polar surface area (TPSA) is 58.8 Å². The molecular formula is C19H27FIN3O2. The van der Waals surface area contributed by atoms with Crippen molar-refractivity contribution in [1.82, 2.24) is 10.6 Å². The minimum atomic E-state index is -0.238. The molecule has 1 heterocycles. The van der Waals surface area contributed by atoms with E-state index in [-0.39, 0.29) is 36.3 Å².